The Hall–Kier alpha value is -1.23. The first kappa shape index (κ1) is 13.8. The molecule has 0 aliphatic carbocycles. The third-order valence-electron chi connectivity index (χ3n) is 2.35. The summed E-state index contributed by atoms with van der Waals surface area (Å²) in [5.74, 6) is 0.625. The molecule has 0 spiro atoms. The molecule has 0 bridgehead atoms. The van der Waals surface area contributed by atoms with Crippen molar-refractivity contribution in [3.8, 4) is 0 Å². The molecule has 0 saturated carbocycles. The van der Waals surface area contributed by atoms with Crippen LogP contribution in [-0.4, -0.2) is 30.2 Å². The van der Waals surface area contributed by atoms with Crippen molar-refractivity contribution in [3.63, 3.8) is 0 Å². The van der Waals surface area contributed by atoms with Crippen molar-refractivity contribution in [2.75, 3.05) is 25.6 Å². The third-order valence-corrected chi connectivity index (χ3v) is 2.35. The fourth-order valence-corrected chi connectivity index (χ4v) is 1.46. The molecule has 0 radical (unpaired) electrons. The van der Waals surface area contributed by atoms with Crippen LogP contribution < -0.4 is 5.32 Å². The van der Waals surface area contributed by atoms with Gasteiger partial charge in [0.05, 0.1) is 5.69 Å². The number of nitrogens with zero attached hydrogens (tertiary/aromatic N) is 2. The second kappa shape index (κ2) is 7.17. The number of anilines is 1. The largest absolute Gasteiger partial charge is 0.385 e. The summed E-state index contributed by atoms with van der Waals surface area (Å²) in [6, 6.07) is 0. The second-order valence-electron chi connectivity index (χ2n) is 3.91. The van der Waals surface area contributed by atoms with E-state index in [0.717, 1.165) is 12.8 Å². The lowest BCUT2D eigenvalue weighted by molar-refractivity contribution is 0.194. The van der Waals surface area contributed by atoms with E-state index in [2.05, 4.69) is 15.3 Å². The smallest absolute Gasteiger partial charge is 0.186 e. The Morgan fingerprint density at radius 1 is 1.35 bits per heavy atom. The summed E-state index contributed by atoms with van der Waals surface area (Å²) in [5, 5.41) is 2.98. The van der Waals surface area contributed by atoms with Gasteiger partial charge in [0.25, 0.3) is 0 Å². The van der Waals surface area contributed by atoms with Gasteiger partial charge >= 0.3 is 0 Å². The minimum absolute atomic E-state index is 0.312. The molecule has 1 heterocycles. The second-order valence-corrected chi connectivity index (χ2v) is 3.91. The molecule has 1 aromatic rings. The summed E-state index contributed by atoms with van der Waals surface area (Å²) < 4.78 is 18.6. The summed E-state index contributed by atoms with van der Waals surface area (Å²) in [5.41, 5.74) is 0.394. The summed E-state index contributed by atoms with van der Waals surface area (Å²) >= 11 is 0. The van der Waals surface area contributed by atoms with Crippen LogP contribution in [0, 0.1) is 12.7 Å². The lowest BCUT2D eigenvalue weighted by Crippen LogP contribution is -2.10. The molecule has 1 aromatic heterocycles. The van der Waals surface area contributed by atoms with E-state index in [1.165, 1.54) is 0 Å². The number of aryl methyl sites for hydroxylation is 2. The Balaban J connectivity index is 2.74. The predicted molar refractivity (Wildman–Crippen MR) is 65.7 cm³/mol. The van der Waals surface area contributed by atoms with Crippen LogP contribution in [0.1, 0.15) is 31.3 Å². The van der Waals surface area contributed by atoms with E-state index in [-0.39, 0.29) is 5.82 Å². The number of methoxy groups -OCH3 is 1. The van der Waals surface area contributed by atoms with Crippen molar-refractivity contribution in [2.24, 2.45) is 0 Å². The number of nitrogens with one attached hydrogen (secondary N) is 1. The highest BCUT2D eigenvalue weighted by molar-refractivity contribution is 5.38. The van der Waals surface area contributed by atoms with Crippen molar-refractivity contribution in [3.05, 3.63) is 17.3 Å². The Morgan fingerprint density at radius 2 is 2.12 bits per heavy atom. The molecule has 0 fully saturated rings. The molecule has 1 N–H and O–H groups in total. The van der Waals surface area contributed by atoms with Gasteiger partial charge in [-0.05, 0) is 19.8 Å². The molecule has 17 heavy (non-hydrogen) atoms. The van der Waals surface area contributed by atoms with Crippen LogP contribution in [0.2, 0.25) is 0 Å². The summed E-state index contributed by atoms with van der Waals surface area (Å²) in [4.78, 5) is 8.32. The molecule has 1 rings (SSSR count). The molecule has 4 nitrogen and oxygen atoms in total. The first-order valence-corrected chi connectivity index (χ1v) is 5.94. The van der Waals surface area contributed by atoms with E-state index in [9.17, 15) is 4.39 Å². The summed E-state index contributed by atoms with van der Waals surface area (Å²) in [7, 11) is 1.66. The quantitative estimate of drug-likeness (QED) is 0.744. The van der Waals surface area contributed by atoms with Crippen LogP contribution in [-0.2, 0) is 11.2 Å². The van der Waals surface area contributed by atoms with E-state index in [1.54, 1.807) is 14.0 Å². The van der Waals surface area contributed by atoms with Crippen LogP contribution in [0.3, 0.4) is 0 Å². The van der Waals surface area contributed by atoms with Gasteiger partial charge in [0.1, 0.15) is 5.82 Å². The Bertz CT molecular complexity index is 358. The number of rotatable bonds is 7. The lowest BCUT2D eigenvalue weighted by Gasteiger charge is -2.09. The maximum absolute atomic E-state index is 13.7. The summed E-state index contributed by atoms with van der Waals surface area (Å²) in [6.07, 6.45) is 2.48. The van der Waals surface area contributed by atoms with E-state index in [1.807, 2.05) is 6.92 Å². The lowest BCUT2D eigenvalue weighted by atomic mass is 10.3. The van der Waals surface area contributed by atoms with Gasteiger partial charge in [0.2, 0.25) is 0 Å². The number of hydrogen-bond acceptors (Lipinski definition) is 4. The van der Waals surface area contributed by atoms with E-state index < -0.39 is 0 Å². The van der Waals surface area contributed by atoms with Gasteiger partial charge in [-0.15, -0.1) is 0 Å². The monoisotopic (exact) mass is 241 g/mol. The normalized spacial score (nSPS) is 10.6. The zero-order chi connectivity index (χ0) is 12.7. The third kappa shape index (κ3) is 4.26. The van der Waals surface area contributed by atoms with Crippen LogP contribution in [0.15, 0.2) is 0 Å². The molecule has 0 aliphatic heterocycles. The fourth-order valence-electron chi connectivity index (χ4n) is 1.46. The molecular formula is C12H20FN3O. The highest BCUT2D eigenvalue weighted by Gasteiger charge is 2.10. The number of aromatic nitrogens is 2. The highest BCUT2D eigenvalue weighted by Crippen LogP contribution is 2.14. The van der Waals surface area contributed by atoms with Gasteiger partial charge in [-0.1, -0.05) is 6.92 Å². The maximum Gasteiger partial charge on any atom is 0.186 e. The Morgan fingerprint density at radius 3 is 2.76 bits per heavy atom. The van der Waals surface area contributed by atoms with Gasteiger partial charge in [-0.2, -0.15) is 0 Å². The maximum atomic E-state index is 13.7. The molecule has 0 atom stereocenters. The van der Waals surface area contributed by atoms with Crippen LogP contribution in [0.25, 0.3) is 0 Å². The molecule has 0 saturated heterocycles. The van der Waals surface area contributed by atoms with Gasteiger partial charge in [-0.3, -0.25) is 0 Å². The number of ether oxygens (including phenoxy) is 1. The zero-order valence-electron chi connectivity index (χ0n) is 10.7. The Kier molecular flexibility index (Phi) is 5.83. The van der Waals surface area contributed by atoms with Gasteiger partial charge in [-0.25, -0.2) is 14.4 Å². The van der Waals surface area contributed by atoms with Crippen molar-refractivity contribution in [1.82, 2.24) is 9.97 Å². The fraction of sp³-hybridized carbons (Fsp3) is 0.667. The number of halogens is 1. The van der Waals surface area contributed by atoms with E-state index >= 15 is 0 Å². The molecular weight excluding hydrogens is 221 g/mol. The van der Waals surface area contributed by atoms with Crippen molar-refractivity contribution in [1.29, 1.82) is 0 Å². The number of hydrogen-bond donors (Lipinski definition) is 1. The molecule has 0 aliphatic rings. The SMILES string of the molecule is CCCNc1nc(CCCOC)nc(C)c1F. The van der Waals surface area contributed by atoms with E-state index in [4.69, 9.17) is 4.74 Å². The minimum Gasteiger partial charge on any atom is -0.385 e. The van der Waals surface area contributed by atoms with Gasteiger partial charge < -0.3 is 10.1 Å². The van der Waals surface area contributed by atoms with Crippen LogP contribution in [0.4, 0.5) is 10.2 Å². The predicted octanol–water partition coefficient (Wildman–Crippen LogP) is 2.33. The average molecular weight is 241 g/mol. The Labute approximate surface area is 102 Å². The van der Waals surface area contributed by atoms with E-state index in [0.29, 0.717) is 36.9 Å². The van der Waals surface area contributed by atoms with Crippen LogP contribution >= 0.6 is 0 Å². The first-order chi connectivity index (χ1) is 8.19. The van der Waals surface area contributed by atoms with Gasteiger partial charge in [0.15, 0.2) is 11.6 Å². The molecule has 0 aromatic carbocycles. The van der Waals surface area contributed by atoms with Gasteiger partial charge in [0, 0.05) is 26.7 Å². The van der Waals surface area contributed by atoms with Crippen LogP contribution in [0.5, 0.6) is 0 Å². The standard InChI is InChI=1S/C12H20FN3O/c1-4-7-14-12-11(13)9(2)15-10(16-12)6-5-8-17-3/h4-8H2,1-3H3,(H,14,15,16). The molecule has 96 valence electrons. The zero-order valence-corrected chi connectivity index (χ0v) is 10.7. The van der Waals surface area contributed by atoms with Crippen molar-refractivity contribution >= 4 is 5.82 Å². The topological polar surface area (TPSA) is 47.0 Å². The minimum atomic E-state index is -0.353. The molecule has 5 heteroatoms. The molecule has 0 unspecified atom stereocenters. The average Bonchev–Trinajstić information content (AvgIpc) is 2.32. The highest BCUT2D eigenvalue weighted by atomic mass is 19.1. The van der Waals surface area contributed by atoms with Crippen molar-refractivity contribution < 1.29 is 9.13 Å². The van der Waals surface area contributed by atoms with Crippen molar-refractivity contribution in [2.45, 2.75) is 33.1 Å². The first-order valence-electron chi connectivity index (χ1n) is 5.94. The molecule has 0 amide bonds. The summed E-state index contributed by atoms with van der Waals surface area (Å²) in [6.45, 7) is 5.06.